The summed E-state index contributed by atoms with van der Waals surface area (Å²) in [7, 11) is 0. The molecule has 1 saturated carbocycles. The van der Waals surface area contributed by atoms with E-state index in [9.17, 15) is 4.39 Å². The highest BCUT2D eigenvalue weighted by molar-refractivity contribution is 9.10. The molecule has 1 N–H and O–H groups in total. The molecule has 20 heavy (non-hydrogen) atoms. The second kappa shape index (κ2) is 5.85. The van der Waals surface area contributed by atoms with Crippen molar-refractivity contribution < 1.29 is 9.13 Å². The zero-order valence-electron chi connectivity index (χ0n) is 10.6. The highest BCUT2D eigenvalue weighted by Crippen LogP contribution is 2.29. The minimum absolute atomic E-state index is 0.339. The van der Waals surface area contributed by atoms with Crippen LogP contribution >= 0.6 is 15.9 Å². The van der Waals surface area contributed by atoms with E-state index in [1.54, 1.807) is 18.5 Å². The lowest BCUT2D eigenvalue weighted by Gasteiger charge is -2.07. The van der Waals surface area contributed by atoms with Gasteiger partial charge in [0.1, 0.15) is 11.6 Å². The van der Waals surface area contributed by atoms with E-state index in [4.69, 9.17) is 4.74 Å². The van der Waals surface area contributed by atoms with Gasteiger partial charge in [-0.2, -0.15) is 0 Å². The summed E-state index contributed by atoms with van der Waals surface area (Å²) in [5, 5.41) is 3.36. The zero-order valence-corrected chi connectivity index (χ0v) is 12.2. The van der Waals surface area contributed by atoms with Crippen molar-refractivity contribution in [1.82, 2.24) is 15.3 Å². The van der Waals surface area contributed by atoms with E-state index in [0.717, 1.165) is 5.69 Å². The van der Waals surface area contributed by atoms with Gasteiger partial charge in [0.15, 0.2) is 0 Å². The molecule has 0 saturated heterocycles. The Kier molecular flexibility index (Phi) is 3.93. The third-order valence-corrected chi connectivity index (χ3v) is 3.59. The minimum atomic E-state index is -0.360. The standard InChI is InChI=1S/C14H13BrFN3O/c15-12-4-1-9(16)5-13(12)20-14-8-18-11(7-19-14)6-17-10-2-3-10/h1,4-5,7-8,10,17H,2-3,6H2. The van der Waals surface area contributed by atoms with E-state index >= 15 is 0 Å². The third-order valence-electron chi connectivity index (χ3n) is 2.94. The Balaban J connectivity index is 1.66. The number of hydrogen-bond donors (Lipinski definition) is 1. The van der Waals surface area contributed by atoms with Crippen LogP contribution in [0.25, 0.3) is 0 Å². The van der Waals surface area contributed by atoms with Crippen LogP contribution in [0.1, 0.15) is 18.5 Å². The van der Waals surface area contributed by atoms with Crippen molar-refractivity contribution in [3.8, 4) is 11.6 Å². The second-order valence-corrected chi connectivity index (χ2v) is 5.53. The summed E-state index contributed by atoms with van der Waals surface area (Å²) in [6.07, 6.45) is 5.68. The number of halogens is 2. The third kappa shape index (κ3) is 3.52. The quantitative estimate of drug-likeness (QED) is 0.908. The van der Waals surface area contributed by atoms with Gasteiger partial charge in [0.2, 0.25) is 5.88 Å². The van der Waals surface area contributed by atoms with Crippen LogP contribution in [-0.2, 0) is 6.54 Å². The van der Waals surface area contributed by atoms with Crippen LogP contribution in [0.5, 0.6) is 11.6 Å². The maximum absolute atomic E-state index is 13.2. The number of benzene rings is 1. The Hall–Kier alpha value is -1.53. The molecule has 0 amide bonds. The predicted octanol–water partition coefficient (Wildman–Crippen LogP) is 3.42. The lowest BCUT2D eigenvalue weighted by Crippen LogP contribution is -2.16. The molecule has 2 aromatic rings. The second-order valence-electron chi connectivity index (χ2n) is 4.68. The normalized spacial score (nSPS) is 14.3. The van der Waals surface area contributed by atoms with Gasteiger partial charge in [-0.3, -0.25) is 4.98 Å². The molecule has 4 nitrogen and oxygen atoms in total. The first kappa shape index (κ1) is 13.5. The van der Waals surface area contributed by atoms with Gasteiger partial charge >= 0.3 is 0 Å². The van der Waals surface area contributed by atoms with Crippen molar-refractivity contribution in [2.24, 2.45) is 0 Å². The molecule has 1 fully saturated rings. The highest BCUT2D eigenvalue weighted by atomic mass is 79.9. The molecule has 3 rings (SSSR count). The number of ether oxygens (including phenoxy) is 1. The molecular weight excluding hydrogens is 325 g/mol. The van der Waals surface area contributed by atoms with Crippen molar-refractivity contribution >= 4 is 15.9 Å². The van der Waals surface area contributed by atoms with E-state index in [1.807, 2.05) is 0 Å². The van der Waals surface area contributed by atoms with Gasteiger partial charge in [-0.05, 0) is 40.9 Å². The SMILES string of the molecule is Fc1ccc(Br)c(Oc2cnc(CNC3CC3)cn2)c1. The summed E-state index contributed by atoms with van der Waals surface area (Å²) in [5.74, 6) is 0.357. The van der Waals surface area contributed by atoms with Crippen LogP contribution in [0.15, 0.2) is 35.1 Å². The van der Waals surface area contributed by atoms with Crippen LogP contribution in [0.2, 0.25) is 0 Å². The number of nitrogens with zero attached hydrogens (tertiary/aromatic N) is 2. The van der Waals surface area contributed by atoms with E-state index in [0.29, 0.717) is 28.7 Å². The maximum atomic E-state index is 13.2. The molecule has 104 valence electrons. The molecule has 0 radical (unpaired) electrons. The van der Waals surface area contributed by atoms with E-state index in [1.165, 1.54) is 25.0 Å². The number of aromatic nitrogens is 2. The fraction of sp³-hybridized carbons (Fsp3) is 0.286. The van der Waals surface area contributed by atoms with Crippen LogP contribution in [0.3, 0.4) is 0 Å². The van der Waals surface area contributed by atoms with Crippen molar-refractivity contribution in [2.75, 3.05) is 0 Å². The monoisotopic (exact) mass is 337 g/mol. The van der Waals surface area contributed by atoms with E-state index in [2.05, 4.69) is 31.2 Å². The Labute approximate surface area is 124 Å². The Morgan fingerprint density at radius 2 is 2.15 bits per heavy atom. The summed E-state index contributed by atoms with van der Waals surface area (Å²) in [5.41, 5.74) is 0.863. The van der Waals surface area contributed by atoms with Gasteiger partial charge in [-0.15, -0.1) is 0 Å². The topological polar surface area (TPSA) is 47.0 Å². The average molecular weight is 338 g/mol. The van der Waals surface area contributed by atoms with Crippen molar-refractivity contribution in [2.45, 2.75) is 25.4 Å². The molecule has 0 spiro atoms. The molecular formula is C14H13BrFN3O. The average Bonchev–Trinajstić information content (AvgIpc) is 3.26. The van der Waals surface area contributed by atoms with Gasteiger partial charge in [0.05, 0.1) is 22.6 Å². The van der Waals surface area contributed by atoms with Gasteiger partial charge in [-0.25, -0.2) is 9.37 Å². The predicted molar refractivity (Wildman–Crippen MR) is 76.1 cm³/mol. The number of nitrogens with one attached hydrogen (secondary N) is 1. The highest BCUT2D eigenvalue weighted by Gasteiger charge is 2.20. The molecule has 0 aliphatic heterocycles. The summed E-state index contributed by atoms with van der Waals surface area (Å²) in [6, 6.07) is 4.88. The Morgan fingerprint density at radius 1 is 1.30 bits per heavy atom. The molecule has 1 heterocycles. The van der Waals surface area contributed by atoms with Crippen LogP contribution < -0.4 is 10.1 Å². The van der Waals surface area contributed by atoms with Crippen LogP contribution in [0.4, 0.5) is 4.39 Å². The summed E-state index contributed by atoms with van der Waals surface area (Å²) < 4.78 is 19.3. The van der Waals surface area contributed by atoms with Gasteiger partial charge in [-0.1, -0.05) is 0 Å². The molecule has 0 bridgehead atoms. The van der Waals surface area contributed by atoms with Crippen molar-refractivity contribution in [3.63, 3.8) is 0 Å². The Morgan fingerprint density at radius 3 is 2.85 bits per heavy atom. The van der Waals surface area contributed by atoms with Gasteiger partial charge in [0, 0.05) is 18.7 Å². The molecule has 6 heteroatoms. The van der Waals surface area contributed by atoms with E-state index < -0.39 is 0 Å². The summed E-state index contributed by atoms with van der Waals surface area (Å²) in [4.78, 5) is 8.44. The maximum Gasteiger partial charge on any atom is 0.237 e. The fourth-order valence-corrected chi connectivity index (χ4v) is 2.02. The minimum Gasteiger partial charge on any atom is -0.436 e. The van der Waals surface area contributed by atoms with Gasteiger partial charge < -0.3 is 10.1 Å². The fourth-order valence-electron chi connectivity index (χ4n) is 1.69. The number of rotatable bonds is 5. The zero-order chi connectivity index (χ0) is 13.9. The summed E-state index contributed by atoms with van der Waals surface area (Å²) >= 11 is 3.30. The van der Waals surface area contributed by atoms with Crippen molar-refractivity contribution in [1.29, 1.82) is 0 Å². The molecule has 1 aromatic heterocycles. The van der Waals surface area contributed by atoms with Crippen LogP contribution in [0, 0.1) is 5.82 Å². The van der Waals surface area contributed by atoms with Gasteiger partial charge in [0.25, 0.3) is 0 Å². The van der Waals surface area contributed by atoms with E-state index in [-0.39, 0.29) is 5.82 Å². The molecule has 0 unspecified atom stereocenters. The molecule has 0 atom stereocenters. The lowest BCUT2D eigenvalue weighted by molar-refractivity contribution is 0.451. The Bertz CT molecular complexity index is 602. The number of hydrogen-bond acceptors (Lipinski definition) is 4. The lowest BCUT2D eigenvalue weighted by atomic mass is 10.3. The first-order chi connectivity index (χ1) is 9.70. The molecule has 1 aromatic carbocycles. The van der Waals surface area contributed by atoms with Crippen LogP contribution in [-0.4, -0.2) is 16.0 Å². The molecule has 1 aliphatic carbocycles. The van der Waals surface area contributed by atoms with Crippen molar-refractivity contribution in [3.05, 3.63) is 46.6 Å². The first-order valence-corrected chi connectivity index (χ1v) is 7.17. The first-order valence-electron chi connectivity index (χ1n) is 6.38. The largest absolute Gasteiger partial charge is 0.436 e. The summed E-state index contributed by atoms with van der Waals surface area (Å²) in [6.45, 7) is 0.710. The smallest absolute Gasteiger partial charge is 0.237 e. The molecule has 1 aliphatic rings.